The number of halogens is 1. The van der Waals surface area contributed by atoms with Gasteiger partial charge in [0.15, 0.2) is 0 Å². The van der Waals surface area contributed by atoms with Crippen LogP contribution in [0.15, 0.2) is 53.0 Å². The van der Waals surface area contributed by atoms with Gasteiger partial charge in [-0.1, -0.05) is 18.2 Å². The molecule has 0 spiro atoms. The summed E-state index contributed by atoms with van der Waals surface area (Å²) < 4.78 is 0.286. The van der Waals surface area contributed by atoms with E-state index in [0.29, 0.717) is 5.69 Å². The summed E-state index contributed by atoms with van der Waals surface area (Å²) in [5.74, 6) is -0.836. The quantitative estimate of drug-likeness (QED) is 0.625. The van der Waals surface area contributed by atoms with Crippen molar-refractivity contribution >= 4 is 39.1 Å². The third-order valence-corrected chi connectivity index (χ3v) is 3.85. The molecule has 0 radical (unpaired) electrons. The van der Waals surface area contributed by atoms with Crippen LogP contribution >= 0.6 is 15.9 Å². The van der Waals surface area contributed by atoms with Crippen LogP contribution in [0.1, 0.15) is 10.4 Å². The van der Waals surface area contributed by atoms with Gasteiger partial charge in [0.2, 0.25) is 5.91 Å². The number of rotatable bonds is 5. The molecule has 0 saturated heterocycles. The van der Waals surface area contributed by atoms with Crippen molar-refractivity contribution < 1.29 is 14.5 Å². The van der Waals surface area contributed by atoms with Gasteiger partial charge < -0.3 is 10.2 Å². The number of benzene rings is 2. The number of likely N-dealkylation sites (N-methyl/N-ethyl adjacent to an activating group) is 1. The van der Waals surface area contributed by atoms with Crippen molar-refractivity contribution in [2.75, 3.05) is 18.9 Å². The van der Waals surface area contributed by atoms with Crippen molar-refractivity contribution in [1.29, 1.82) is 0 Å². The summed E-state index contributed by atoms with van der Waals surface area (Å²) >= 11 is 3.06. The zero-order valence-corrected chi connectivity index (χ0v) is 14.3. The Kier molecular flexibility index (Phi) is 5.64. The Bertz CT molecular complexity index is 780. The maximum Gasteiger partial charge on any atom is 0.284 e. The first-order chi connectivity index (χ1) is 11.4. The predicted octanol–water partition coefficient (Wildman–Crippen LogP) is 3.07. The number of amides is 2. The van der Waals surface area contributed by atoms with E-state index in [0.717, 1.165) is 0 Å². The molecule has 0 aromatic heterocycles. The third-order valence-electron chi connectivity index (χ3n) is 3.17. The fourth-order valence-electron chi connectivity index (χ4n) is 2.02. The van der Waals surface area contributed by atoms with Crippen LogP contribution in [0.2, 0.25) is 0 Å². The number of nitrogens with zero attached hydrogens (tertiary/aromatic N) is 2. The highest BCUT2D eigenvalue weighted by Crippen LogP contribution is 2.26. The van der Waals surface area contributed by atoms with E-state index in [9.17, 15) is 19.7 Å². The summed E-state index contributed by atoms with van der Waals surface area (Å²) in [6.45, 7) is -0.169. The maximum absolute atomic E-state index is 12.3. The first-order valence-electron chi connectivity index (χ1n) is 6.93. The molecule has 2 amide bonds. The molecule has 0 bridgehead atoms. The van der Waals surface area contributed by atoms with E-state index in [1.54, 1.807) is 24.3 Å². The number of para-hydroxylation sites is 1. The molecule has 7 nitrogen and oxygen atoms in total. The van der Waals surface area contributed by atoms with E-state index in [4.69, 9.17) is 0 Å². The zero-order valence-electron chi connectivity index (χ0n) is 12.7. The maximum atomic E-state index is 12.3. The van der Waals surface area contributed by atoms with E-state index in [2.05, 4.69) is 21.2 Å². The standard InChI is InChI=1S/C16H14BrN3O4/c1-19(10-15(21)18-12-5-3-2-4-6-12)16(22)11-7-8-13(17)14(9-11)20(23)24/h2-9H,10H2,1H3,(H,18,21). The minimum atomic E-state index is -0.580. The molecule has 8 heteroatoms. The van der Waals surface area contributed by atoms with Gasteiger partial charge in [0.05, 0.1) is 15.9 Å². The lowest BCUT2D eigenvalue weighted by Gasteiger charge is -2.17. The van der Waals surface area contributed by atoms with Crippen LogP contribution in [0.25, 0.3) is 0 Å². The van der Waals surface area contributed by atoms with Crippen LogP contribution in [-0.2, 0) is 4.79 Å². The smallest absolute Gasteiger partial charge is 0.284 e. The minimum Gasteiger partial charge on any atom is -0.332 e. The van der Waals surface area contributed by atoms with E-state index < -0.39 is 10.8 Å². The number of hydrogen-bond acceptors (Lipinski definition) is 4. The van der Waals surface area contributed by atoms with Gasteiger partial charge in [-0.15, -0.1) is 0 Å². The Labute approximate surface area is 146 Å². The summed E-state index contributed by atoms with van der Waals surface area (Å²) in [7, 11) is 1.46. The van der Waals surface area contributed by atoms with Crippen molar-refractivity contribution in [2.45, 2.75) is 0 Å². The summed E-state index contributed by atoms with van der Waals surface area (Å²) in [5, 5.41) is 13.6. The van der Waals surface area contributed by atoms with Gasteiger partial charge in [-0.2, -0.15) is 0 Å². The highest BCUT2D eigenvalue weighted by Gasteiger charge is 2.19. The van der Waals surface area contributed by atoms with Crippen LogP contribution in [-0.4, -0.2) is 35.2 Å². The lowest BCUT2D eigenvalue weighted by atomic mass is 10.2. The number of hydrogen-bond donors (Lipinski definition) is 1. The predicted molar refractivity (Wildman–Crippen MR) is 92.8 cm³/mol. The second-order valence-electron chi connectivity index (χ2n) is 5.00. The molecule has 24 heavy (non-hydrogen) atoms. The molecule has 0 heterocycles. The van der Waals surface area contributed by atoms with E-state index >= 15 is 0 Å². The molecule has 0 atom stereocenters. The number of nitro benzene ring substituents is 1. The lowest BCUT2D eigenvalue weighted by Crippen LogP contribution is -2.34. The van der Waals surface area contributed by atoms with Gasteiger partial charge in [-0.25, -0.2) is 0 Å². The molecule has 0 aliphatic carbocycles. The molecule has 2 aromatic carbocycles. The topological polar surface area (TPSA) is 92.6 Å². The van der Waals surface area contributed by atoms with Gasteiger partial charge in [-0.3, -0.25) is 19.7 Å². The number of carbonyl (C=O) groups is 2. The lowest BCUT2D eigenvalue weighted by molar-refractivity contribution is -0.385. The second-order valence-corrected chi connectivity index (χ2v) is 5.85. The van der Waals surface area contributed by atoms with Crippen molar-refractivity contribution in [3.63, 3.8) is 0 Å². The van der Waals surface area contributed by atoms with Gasteiger partial charge in [0, 0.05) is 24.4 Å². The number of nitro groups is 1. The molecular formula is C16H14BrN3O4. The van der Waals surface area contributed by atoms with Crippen molar-refractivity contribution in [3.05, 3.63) is 68.7 Å². The Morgan fingerprint density at radius 2 is 1.88 bits per heavy atom. The number of carbonyl (C=O) groups excluding carboxylic acids is 2. The summed E-state index contributed by atoms with van der Waals surface area (Å²) in [5.41, 5.74) is 0.561. The van der Waals surface area contributed by atoms with E-state index in [-0.39, 0.29) is 28.2 Å². The number of anilines is 1. The highest BCUT2D eigenvalue weighted by molar-refractivity contribution is 9.10. The normalized spacial score (nSPS) is 10.1. The van der Waals surface area contributed by atoms with E-state index in [1.165, 1.54) is 30.1 Å². The molecule has 0 fully saturated rings. The van der Waals surface area contributed by atoms with Crippen LogP contribution < -0.4 is 5.32 Å². The Morgan fingerprint density at radius 3 is 2.50 bits per heavy atom. The molecule has 0 saturated carbocycles. The van der Waals surface area contributed by atoms with Gasteiger partial charge in [0.1, 0.15) is 0 Å². The molecule has 2 aromatic rings. The van der Waals surface area contributed by atoms with Gasteiger partial charge in [0.25, 0.3) is 11.6 Å². The molecule has 2 rings (SSSR count). The zero-order chi connectivity index (χ0) is 17.7. The third kappa shape index (κ3) is 4.39. The van der Waals surface area contributed by atoms with Crippen LogP contribution in [0, 0.1) is 10.1 Å². The minimum absolute atomic E-state index is 0.139. The van der Waals surface area contributed by atoms with Gasteiger partial charge >= 0.3 is 0 Å². The monoisotopic (exact) mass is 391 g/mol. The van der Waals surface area contributed by atoms with Crippen molar-refractivity contribution in [2.24, 2.45) is 0 Å². The molecule has 124 valence electrons. The molecule has 0 aliphatic heterocycles. The van der Waals surface area contributed by atoms with Gasteiger partial charge in [-0.05, 0) is 40.2 Å². The Balaban J connectivity index is 2.05. The van der Waals surface area contributed by atoms with Crippen molar-refractivity contribution in [1.82, 2.24) is 4.90 Å². The van der Waals surface area contributed by atoms with E-state index in [1.807, 2.05) is 6.07 Å². The first kappa shape index (κ1) is 17.6. The molecule has 0 aliphatic rings. The fourth-order valence-corrected chi connectivity index (χ4v) is 2.41. The first-order valence-corrected chi connectivity index (χ1v) is 7.72. The fraction of sp³-hybridized carbons (Fsp3) is 0.125. The van der Waals surface area contributed by atoms with Crippen LogP contribution in [0.4, 0.5) is 11.4 Å². The summed E-state index contributed by atoms with van der Waals surface area (Å²) in [4.78, 5) is 35.8. The summed E-state index contributed by atoms with van der Waals surface area (Å²) in [6.07, 6.45) is 0. The van der Waals surface area contributed by atoms with Crippen molar-refractivity contribution in [3.8, 4) is 0 Å². The average Bonchev–Trinajstić information content (AvgIpc) is 2.55. The second kappa shape index (κ2) is 7.69. The van der Waals surface area contributed by atoms with Crippen LogP contribution in [0.3, 0.4) is 0 Å². The molecular weight excluding hydrogens is 378 g/mol. The average molecular weight is 392 g/mol. The Morgan fingerprint density at radius 1 is 1.21 bits per heavy atom. The largest absolute Gasteiger partial charge is 0.332 e. The molecule has 0 unspecified atom stereocenters. The number of nitrogens with one attached hydrogen (secondary N) is 1. The SMILES string of the molecule is CN(CC(=O)Nc1ccccc1)C(=O)c1ccc(Br)c([N+](=O)[O-])c1. The molecule has 1 N–H and O–H groups in total. The van der Waals surface area contributed by atoms with Crippen LogP contribution in [0.5, 0.6) is 0 Å². The highest BCUT2D eigenvalue weighted by atomic mass is 79.9. The Hall–Kier alpha value is -2.74. The summed E-state index contributed by atoms with van der Waals surface area (Å²) in [6, 6.07) is 12.9.